The molecular formula is C16H35N. The maximum atomic E-state index is 3.66. The summed E-state index contributed by atoms with van der Waals surface area (Å²) in [6.45, 7) is 16.4. The summed E-state index contributed by atoms with van der Waals surface area (Å²) in [5, 5.41) is 3.66. The van der Waals surface area contributed by atoms with Gasteiger partial charge in [-0.15, -0.1) is 0 Å². The molecule has 0 saturated carbocycles. The van der Waals surface area contributed by atoms with Gasteiger partial charge >= 0.3 is 0 Å². The van der Waals surface area contributed by atoms with E-state index in [2.05, 4.69) is 46.9 Å². The molecule has 0 radical (unpaired) electrons. The van der Waals surface area contributed by atoms with Gasteiger partial charge in [-0.1, -0.05) is 60.8 Å². The maximum absolute atomic E-state index is 3.66. The molecule has 2 atom stereocenters. The summed E-state index contributed by atoms with van der Waals surface area (Å²) in [6.07, 6.45) is 6.73. The van der Waals surface area contributed by atoms with E-state index in [0.29, 0.717) is 5.41 Å². The van der Waals surface area contributed by atoms with Crippen LogP contribution in [0.25, 0.3) is 0 Å². The van der Waals surface area contributed by atoms with E-state index < -0.39 is 0 Å². The average Bonchev–Trinajstić information content (AvgIpc) is 2.16. The minimum atomic E-state index is 0.498. The van der Waals surface area contributed by atoms with Crippen LogP contribution in [0.15, 0.2) is 0 Å². The van der Waals surface area contributed by atoms with Gasteiger partial charge in [0.25, 0.3) is 0 Å². The van der Waals surface area contributed by atoms with Gasteiger partial charge in [-0.3, -0.25) is 0 Å². The zero-order chi connectivity index (χ0) is 13.3. The van der Waals surface area contributed by atoms with Crippen LogP contribution in [-0.2, 0) is 0 Å². The van der Waals surface area contributed by atoms with Crippen LogP contribution in [0.2, 0.25) is 0 Å². The average molecular weight is 241 g/mol. The molecular weight excluding hydrogens is 206 g/mol. The second kappa shape index (κ2) is 8.97. The summed E-state index contributed by atoms with van der Waals surface area (Å²) in [7, 11) is 0. The minimum absolute atomic E-state index is 0.498. The topological polar surface area (TPSA) is 12.0 Å². The highest BCUT2D eigenvalue weighted by Gasteiger charge is 2.25. The van der Waals surface area contributed by atoms with Gasteiger partial charge in [-0.05, 0) is 36.6 Å². The van der Waals surface area contributed by atoms with Crippen molar-refractivity contribution in [2.24, 2.45) is 17.3 Å². The number of rotatable bonds is 10. The molecule has 0 rings (SSSR count). The van der Waals surface area contributed by atoms with Crippen molar-refractivity contribution in [3.63, 3.8) is 0 Å². The molecule has 0 aromatic heterocycles. The van der Waals surface area contributed by atoms with Crippen molar-refractivity contribution in [3.05, 3.63) is 0 Å². The fourth-order valence-corrected chi connectivity index (χ4v) is 2.96. The third-order valence-corrected chi connectivity index (χ3v) is 3.58. The Hall–Kier alpha value is -0.0400. The van der Waals surface area contributed by atoms with Gasteiger partial charge in [0.1, 0.15) is 0 Å². The van der Waals surface area contributed by atoms with Gasteiger partial charge in [-0.2, -0.15) is 0 Å². The molecule has 17 heavy (non-hydrogen) atoms. The summed E-state index contributed by atoms with van der Waals surface area (Å²) in [5.74, 6) is 1.63. The van der Waals surface area contributed by atoms with Crippen LogP contribution in [0.1, 0.15) is 73.6 Å². The Labute approximate surface area is 110 Å². The summed E-state index contributed by atoms with van der Waals surface area (Å²) in [4.78, 5) is 0. The highest BCUT2D eigenvalue weighted by Crippen LogP contribution is 2.32. The number of nitrogens with one attached hydrogen (secondary N) is 1. The zero-order valence-electron chi connectivity index (χ0n) is 13.1. The molecule has 0 aliphatic rings. The van der Waals surface area contributed by atoms with Gasteiger partial charge in [0.05, 0.1) is 0 Å². The molecule has 1 heteroatoms. The van der Waals surface area contributed by atoms with Gasteiger partial charge < -0.3 is 5.32 Å². The smallest absolute Gasteiger partial charge is 0.000537 e. The van der Waals surface area contributed by atoms with E-state index in [1.165, 1.54) is 38.6 Å². The molecule has 0 heterocycles. The highest BCUT2D eigenvalue weighted by molar-refractivity contribution is 4.79. The van der Waals surface area contributed by atoms with Gasteiger partial charge in [-0.25, -0.2) is 0 Å². The Morgan fingerprint density at radius 1 is 1.06 bits per heavy atom. The molecule has 0 spiro atoms. The fourth-order valence-electron chi connectivity index (χ4n) is 2.96. The van der Waals surface area contributed by atoms with Crippen LogP contribution in [0.4, 0.5) is 0 Å². The molecule has 0 aliphatic heterocycles. The van der Waals surface area contributed by atoms with Crippen LogP contribution in [-0.4, -0.2) is 13.1 Å². The predicted octanol–water partition coefficient (Wildman–Crippen LogP) is 4.86. The summed E-state index contributed by atoms with van der Waals surface area (Å²) < 4.78 is 0. The van der Waals surface area contributed by atoms with Crippen LogP contribution in [0.3, 0.4) is 0 Å². The van der Waals surface area contributed by atoms with E-state index in [4.69, 9.17) is 0 Å². The standard InChI is InChI=1S/C16H35N/c1-7-9-15(5)11-16(6,10-8-2)13-17-12-14(3)4/h14-15,17H,7-13H2,1-6H3. The van der Waals surface area contributed by atoms with E-state index in [9.17, 15) is 0 Å². The van der Waals surface area contributed by atoms with Gasteiger partial charge in [0, 0.05) is 6.54 Å². The third-order valence-electron chi connectivity index (χ3n) is 3.58. The predicted molar refractivity (Wildman–Crippen MR) is 79.4 cm³/mol. The summed E-state index contributed by atoms with van der Waals surface area (Å²) >= 11 is 0. The molecule has 0 aliphatic carbocycles. The van der Waals surface area contributed by atoms with Crippen molar-refractivity contribution >= 4 is 0 Å². The number of hydrogen-bond donors (Lipinski definition) is 1. The monoisotopic (exact) mass is 241 g/mol. The fraction of sp³-hybridized carbons (Fsp3) is 1.00. The first-order chi connectivity index (χ1) is 7.93. The minimum Gasteiger partial charge on any atom is -0.316 e. The maximum Gasteiger partial charge on any atom is 0.000537 e. The summed E-state index contributed by atoms with van der Waals surface area (Å²) in [6, 6.07) is 0. The Morgan fingerprint density at radius 3 is 2.18 bits per heavy atom. The lowest BCUT2D eigenvalue weighted by molar-refractivity contribution is 0.209. The van der Waals surface area contributed by atoms with E-state index in [-0.39, 0.29) is 0 Å². The number of hydrogen-bond acceptors (Lipinski definition) is 1. The molecule has 0 fully saturated rings. The second-order valence-corrected chi connectivity index (χ2v) is 6.68. The molecule has 0 saturated heterocycles. The van der Waals surface area contributed by atoms with E-state index in [1.807, 2.05) is 0 Å². The van der Waals surface area contributed by atoms with E-state index >= 15 is 0 Å². The first-order valence-corrected chi connectivity index (χ1v) is 7.64. The van der Waals surface area contributed by atoms with Crippen LogP contribution in [0, 0.1) is 17.3 Å². The molecule has 104 valence electrons. The zero-order valence-corrected chi connectivity index (χ0v) is 13.1. The molecule has 0 aromatic carbocycles. The lowest BCUT2D eigenvalue weighted by atomic mass is 9.77. The Bertz CT molecular complexity index is 176. The summed E-state index contributed by atoms with van der Waals surface area (Å²) in [5.41, 5.74) is 0.498. The lowest BCUT2D eigenvalue weighted by Gasteiger charge is -2.33. The van der Waals surface area contributed by atoms with Crippen LogP contribution in [0.5, 0.6) is 0 Å². The largest absolute Gasteiger partial charge is 0.316 e. The molecule has 1 N–H and O–H groups in total. The van der Waals surface area contributed by atoms with Crippen LogP contribution >= 0.6 is 0 Å². The molecule has 2 unspecified atom stereocenters. The molecule has 0 aromatic rings. The lowest BCUT2D eigenvalue weighted by Crippen LogP contribution is -2.35. The highest BCUT2D eigenvalue weighted by atomic mass is 14.9. The molecule has 1 nitrogen and oxygen atoms in total. The van der Waals surface area contributed by atoms with Crippen molar-refractivity contribution in [1.29, 1.82) is 0 Å². The normalized spacial score (nSPS) is 17.1. The Morgan fingerprint density at radius 2 is 1.71 bits per heavy atom. The van der Waals surface area contributed by atoms with Gasteiger partial charge in [0.2, 0.25) is 0 Å². The first-order valence-electron chi connectivity index (χ1n) is 7.64. The van der Waals surface area contributed by atoms with E-state index in [1.54, 1.807) is 0 Å². The molecule has 0 amide bonds. The molecule has 0 bridgehead atoms. The first kappa shape index (κ1) is 17.0. The van der Waals surface area contributed by atoms with Crippen molar-refractivity contribution in [2.45, 2.75) is 73.6 Å². The van der Waals surface area contributed by atoms with Crippen molar-refractivity contribution in [1.82, 2.24) is 5.32 Å². The Kier molecular flexibility index (Phi) is 8.94. The quantitative estimate of drug-likeness (QED) is 0.575. The van der Waals surface area contributed by atoms with Gasteiger partial charge in [0.15, 0.2) is 0 Å². The Balaban J connectivity index is 4.14. The van der Waals surface area contributed by atoms with Crippen LogP contribution < -0.4 is 5.32 Å². The third kappa shape index (κ3) is 8.65. The second-order valence-electron chi connectivity index (χ2n) is 6.68. The van der Waals surface area contributed by atoms with Crippen molar-refractivity contribution < 1.29 is 0 Å². The van der Waals surface area contributed by atoms with Crippen molar-refractivity contribution in [3.8, 4) is 0 Å². The van der Waals surface area contributed by atoms with Crippen molar-refractivity contribution in [2.75, 3.05) is 13.1 Å². The SMILES string of the molecule is CCCC(C)CC(C)(CCC)CNCC(C)C. The van der Waals surface area contributed by atoms with E-state index in [0.717, 1.165) is 18.4 Å².